The monoisotopic (exact) mass is 279 g/mol. The molecular weight excluding hydrogens is 272 g/mol. The molecule has 0 aliphatic heterocycles. The number of benzene rings is 1. The van der Waals surface area contributed by atoms with Crippen LogP contribution in [0.2, 0.25) is 0 Å². The molecule has 1 amide bonds. The van der Waals surface area contributed by atoms with E-state index in [0.29, 0.717) is 3.57 Å². The fourth-order valence-electron chi connectivity index (χ4n) is 0.814. The van der Waals surface area contributed by atoms with Crippen LogP contribution in [0, 0.1) is 9.39 Å². The van der Waals surface area contributed by atoms with Gasteiger partial charge < -0.3 is 5.32 Å². The number of amides is 1. The molecule has 64 valence electrons. The molecule has 0 aromatic heterocycles. The van der Waals surface area contributed by atoms with E-state index in [2.05, 4.69) is 5.32 Å². The van der Waals surface area contributed by atoms with Gasteiger partial charge in [-0.1, -0.05) is 6.07 Å². The Hall–Kier alpha value is -0.650. The van der Waals surface area contributed by atoms with Gasteiger partial charge in [-0.25, -0.2) is 4.39 Å². The van der Waals surface area contributed by atoms with Crippen molar-refractivity contribution in [2.45, 2.75) is 0 Å². The molecule has 1 rings (SSSR count). The highest BCUT2D eigenvalue weighted by molar-refractivity contribution is 14.1. The van der Waals surface area contributed by atoms with Crippen molar-refractivity contribution in [2.75, 3.05) is 7.05 Å². The molecule has 0 aliphatic rings. The SMILES string of the molecule is CNC(=O)c1cccc(I)c1F. The van der Waals surface area contributed by atoms with E-state index in [4.69, 9.17) is 0 Å². The molecule has 0 aliphatic carbocycles. The van der Waals surface area contributed by atoms with E-state index in [1.54, 1.807) is 12.1 Å². The quantitative estimate of drug-likeness (QED) is 0.780. The second-order valence-corrected chi connectivity index (χ2v) is 3.34. The van der Waals surface area contributed by atoms with E-state index < -0.39 is 11.7 Å². The summed E-state index contributed by atoms with van der Waals surface area (Å²) in [5, 5.41) is 2.37. The molecule has 0 atom stereocenters. The van der Waals surface area contributed by atoms with Gasteiger partial charge in [-0.05, 0) is 34.7 Å². The molecule has 1 aromatic carbocycles. The number of rotatable bonds is 1. The summed E-state index contributed by atoms with van der Waals surface area (Å²) in [6.07, 6.45) is 0. The fraction of sp³-hybridized carbons (Fsp3) is 0.125. The molecule has 0 saturated carbocycles. The first kappa shape index (κ1) is 9.44. The molecule has 0 fully saturated rings. The largest absolute Gasteiger partial charge is 0.355 e. The van der Waals surface area contributed by atoms with E-state index in [1.807, 2.05) is 22.6 Å². The normalized spacial score (nSPS) is 9.58. The third kappa shape index (κ3) is 1.74. The van der Waals surface area contributed by atoms with Gasteiger partial charge in [0.05, 0.1) is 5.56 Å². The molecule has 0 unspecified atom stereocenters. The van der Waals surface area contributed by atoms with Crippen LogP contribution in [0.3, 0.4) is 0 Å². The molecule has 0 spiro atoms. The lowest BCUT2D eigenvalue weighted by Gasteiger charge is -2.01. The van der Waals surface area contributed by atoms with Crippen LogP contribution < -0.4 is 5.32 Å². The van der Waals surface area contributed by atoms with E-state index in [1.165, 1.54) is 13.1 Å². The average molecular weight is 279 g/mol. The van der Waals surface area contributed by atoms with Crippen LogP contribution in [-0.4, -0.2) is 13.0 Å². The minimum Gasteiger partial charge on any atom is -0.355 e. The van der Waals surface area contributed by atoms with Gasteiger partial charge in [0.15, 0.2) is 0 Å². The van der Waals surface area contributed by atoms with Crippen molar-refractivity contribution in [1.29, 1.82) is 0 Å². The number of hydrogen-bond donors (Lipinski definition) is 1. The van der Waals surface area contributed by atoms with Crippen LogP contribution >= 0.6 is 22.6 Å². The second-order valence-electron chi connectivity index (χ2n) is 2.18. The minimum absolute atomic E-state index is 0.0874. The predicted octanol–water partition coefficient (Wildman–Crippen LogP) is 1.79. The molecule has 4 heteroatoms. The third-order valence-electron chi connectivity index (χ3n) is 1.42. The van der Waals surface area contributed by atoms with Crippen LogP contribution in [0.25, 0.3) is 0 Å². The van der Waals surface area contributed by atoms with Gasteiger partial charge in [0.1, 0.15) is 5.82 Å². The van der Waals surface area contributed by atoms with E-state index in [9.17, 15) is 9.18 Å². The lowest BCUT2D eigenvalue weighted by Crippen LogP contribution is -2.19. The highest BCUT2D eigenvalue weighted by atomic mass is 127. The zero-order chi connectivity index (χ0) is 9.14. The van der Waals surface area contributed by atoms with E-state index in [0.717, 1.165) is 0 Å². The first-order valence-corrected chi connectivity index (χ1v) is 4.40. The molecule has 0 saturated heterocycles. The molecule has 1 N–H and O–H groups in total. The fourth-order valence-corrected chi connectivity index (χ4v) is 1.31. The smallest absolute Gasteiger partial charge is 0.254 e. The van der Waals surface area contributed by atoms with Crippen molar-refractivity contribution in [3.8, 4) is 0 Å². The Morgan fingerprint density at radius 2 is 2.25 bits per heavy atom. The Kier molecular flexibility index (Phi) is 3.02. The molecule has 1 aromatic rings. The van der Waals surface area contributed by atoms with E-state index >= 15 is 0 Å². The van der Waals surface area contributed by atoms with Crippen molar-refractivity contribution < 1.29 is 9.18 Å². The average Bonchev–Trinajstić information content (AvgIpc) is 2.08. The Bertz CT molecular complexity index is 314. The summed E-state index contributed by atoms with van der Waals surface area (Å²) in [4.78, 5) is 11.0. The van der Waals surface area contributed by atoms with Gasteiger partial charge in [-0.2, -0.15) is 0 Å². The van der Waals surface area contributed by atoms with Crippen LogP contribution in [0.1, 0.15) is 10.4 Å². The minimum atomic E-state index is -0.461. The number of hydrogen-bond acceptors (Lipinski definition) is 1. The zero-order valence-electron chi connectivity index (χ0n) is 6.40. The first-order chi connectivity index (χ1) is 5.66. The van der Waals surface area contributed by atoms with Crippen LogP contribution in [-0.2, 0) is 0 Å². The maximum absolute atomic E-state index is 13.2. The van der Waals surface area contributed by atoms with Crippen molar-refractivity contribution in [1.82, 2.24) is 5.32 Å². The third-order valence-corrected chi connectivity index (χ3v) is 2.26. The molecule has 2 nitrogen and oxygen atoms in total. The lowest BCUT2D eigenvalue weighted by molar-refractivity contribution is 0.0959. The Morgan fingerprint density at radius 1 is 1.58 bits per heavy atom. The Balaban J connectivity index is 3.16. The maximum atomic E-state index is 13.2. The van der Waals surface area contributed by atoms with Gasteiger partial charge in [0.25, 0.3) is 5.91 Å². The van der Waals surface area contributed by atoms with Gasteiger partial charge in [0, 0.05) is 10.6 Å². The number of carbonyl (C=O) groups excluding carboxylic acids is 1. The van der Waals surface area contributed by atoms with Crippen LogP contribution in [0.4, 0.5) is 4.39 Å². The number of nitrogens with one attached hydrogen (secondary N) is 1. The van der Waals surface area contributed by atoms with E-state index in [-0.39, 0.29) is 5.56 Å². The van der Waals surface area contributed by atoms with Crippen molar-refractivity contribution in [2.24, 2.45) is 0 Å². The zero-order valence-corrected chi connectivity index (χ0v) is 8.55. The molecule has 12 heavy (non-hydrogen) atoms. The first-order valence-electron chi connectivity index (χ1n) is 3.33. The standard InChI is InChI=1S/C8H7FINO/c1-11-8(12)5-3-2-4-6(10)7(5)9/h2-4H,1H3,(H,11,12). The Labute approximate surface area is 83.3 Å². The van der Waals surface area contributed by atoms with Gasteiger partial charge in [-0.15, -0.1) is 0 Å². The topological polar surface area (TPSA) is 29.1 Å². The number of halogens is 2. The summed E-state index contributed by atoms with van der Waals surface area (Å²) in [6.45, 7) is 0. The molecule has 0 radical (unpaired) electrons. The summed E-state index contributed by atoms with van der Waals surface area (Å²) in [7, 11) is 1.47. The van der Waals surface area contributed by atoms with Gasteiger partial charge in [-0.3, -0.25) is 4.79 Å². The van der Waals surface area contributed by atoms with Crippen molar-refractivity contribution >= 4 is 28.5 Å². The maximum Gasteiger partial charge on any atom is 0.254 e. The number of carbonyl (C=O) groups is 1. The molecule has 0 heterocycles. The highest BCUT2D eigenvalue weighted by Crippen LogP contribution is 2.14. The van der Waals surface area contributed by atoms with Crippen LogP contribution in [0.15, 0.2) is 18.2 Å². The summed E-state index contributed by atoms with van der Waals surface area (Å²) >= 11 is 1.84. The van der Waals surface area contributed by atoms with Crippen LogP contribution in [0.5, 0.6) is 0 Å². The molecule has 0 bridgehead atoms. The highest BCUT2D eigenvalue weighted by Gasteiger charge is 2.11. The predicted molar refractivity (Wildman–Crippen MR) is 52.5 cm³/mol. The lowest BCUT2D eigenvalue weighted by atomic mass is 10.2. The Morgan fingerprint density at radius 3 is 2.83 bits per heavy atom. The summed E-state index contributed by atoms with van der Waals surface area (Å²) < 4.78 is 13.6. The van der Waals surface area contributed by atoms with Gasteiger partial charge in [0.2, 0.25) is 0 Å². The molecular formula is C8H7FINO. The summed E-state index contributed by atoms with van der Waals surface area (Å²) in [5.41, 5.74) is 0.0874. The summed E-state index contributed by atoms with van der Waals surface area (Å²) in [6, 6.07) is 4.72. The summed E-state index contributed by atoms with van der Waals surface area (Å²) in [5.74, 6) is -0.858. The van der Waals surface area contributed by atoms with Crippen molar-refractivity contribution in [3.05, 3.63) is 33.1 Å². The van der Waals surface area contributed by atoms with Crippen molar-refractivity contribution in [3.63, 3.8) is 0 Å². The van der Waals surface area contributed by atoms with Gasteiger partial charge >= 0.3 is 0 Å². The second kappa shape index (κ2) is 3.84.